The van der Waals surface area contributed by atoms with E-state index in [-0.39, 0.29) is 12.4 Å². The molecule has 2 aromatic carbocycles. The molecule has 180 valence electrons. The third-order valence-corrected chi connectivity index (χ3v) is 5.71. The van der Waals surface area contributed by atoms with Crippen LogP contribution in [0.5, 0.6) is 0 Å². The van der Waals surface area contributed by atoms with Crippen molar-refractivity contribution in [3.8, 4) is 0 Å². The average Bonchev–Trinajstić information content (AvgIpc) is 2.79. The largest absolute Gasteiger partial charge is 0.362 e. The molecule has 3 N–H and O–H groups in total. The summed E-state index contributed by atoms with van der Waals surface area (Å²) in [5, 5.41) is 5.09. The number of carbonyl (C=O) groups excluding carboxylic acids is 1. The van der Waals surface area contributed by atoms with Gasteiger partial charge in [0.15, 0.2) is 5.82 Å². The molecule has 34 heavy (non-hydrogen) atoms. The van der Waals surface area contributed by atoms with Crippen LogP contribution in [0, 0.1) is 23.3 Å². The standard InChI is InChI=1S/C21H18F4N4O4S/c1-2-33-11-27-18-8-4-13(10-26-18)28-21(30)19-15(24)6-7-16(20(19)25)29-34(31,32)17-9-12(22)3-5-14(17)23/h3-10,29H,2,11H2,1H3,(H,26,27)(H,28,30). The molecule has 3 rings (SSSR count). The van der Waals surface area contributed by atoms with Crippen LogP contribution in [0.1, 0.15) is 17.3 Å². The molecule has 0 unspecified atom stereocenters. The highest BCUT2D eigenvalue weighted by Gasteiger charge is 2.26. The summed E-state index contributed by atoms with van der Waals surface area (Å²) >= 11 is 0. The monoisotopic (exact) mass is 498 g/mol. The number of sulfonamides is 1. The van der Waals surface area contributed by atoms with Crippen LogP contribution in [0.3, 0.4) is 0 Å². The average molecular weight is 498 g/mol. The van der Waals surface area contributed by atoms with E-state index in [1.807, 2.05) is 6.92 Å². The number of aromatic nitrogens is 1. The van der Waals surface area contributed by atoms with E-state index in [1.54, 1.807) is 4.72 Å². The van der Waals surface area contributed by atoms with Crippen LogP contribution >= 0.6 is 0 Å². The van der Waals surface area contributed by atoms with Gasteiger partial charge in [0.1, 0.15) is 40.5 Å². The second-order valence-electron chi connectivity index (χ2n) is 6.66. The number of carbonyl (C=O) groups is 1. The van der Waals surface area contributed by atoms with Crippen molar-refractivity contribution in [3.63, 3.8) is 0 Å². The Balaban J connectivity index is 1.82. The van der Waals surface area contributed by atoms with Gasteiger partial charge in [-0.3, -0.25) is 9.52 Å². The Labute approximate surface area is 192 Å². The number of halogens is 4. The van der Waals surface area contributed by atoms with Gasteiger partial charge in [-0.25, -0.2) is 31.0 Å². The third kappa shape index (κ3) is 5.80. The van der Waals surface area contributed by atoms with Gasteiger partial charge < -0.3 is 15.4 Å². The van der Waals surface area contributed by atoms with Crippen LogP contribution in [0.15, 0.2) is 53.6 Å². The minimum Gasteiger partial charge on any atom is -0.362 e. The Morgan fingerprint density at radius 3 is 2.44 bits per heavy atom. The number of rotatable bonds is 9. The van der Waals surface area contributed by atoms with Crippen molar-refractivity contribution in [2.45, 2.75) is 11.8 Å². The predicted molar refractivity (Wildman–Crippen MR) is 116 cm³/mol. The molecule has 13 heteroatoms. The molecule has 0 aliphatic carbocycles. The van der Waals surface area contributed by atoms with Crippen molar-refractivity contribution in [1.82, 2.24) is 4.98 Å². The lowest BCUT2D eigenvalue weighted by Gasteiger charge is -2.13. The van der Waals surface area contributed by atoms with Crippen LogP contribution in [-0.4, -0.2) is 32.6 Å². The van der Waals surface area contributed by atoms with Crippen LogP contribution in [-0.2, 0) is 14.8 Å². The van der Waals surface area contributed by atoms with Crippen molar-refractivity contribution < 1.29 is 35.5 Å². The number of anilines is 3. The third-order valence-electron chi connectivity index (χ3n) is 4.33. The van der Waals surface area contributed by atoms with Gasteiger partial charge in [0.05, 0.1) is 17.6 Å². The van der Waals surface area contributed by atoms with Crippen molar-refractivity contribution in [3.05, 3.63) is 77.5 Å². The molecule has 0 spiro atoms. The fraction of sp³-hybridized carbons (Fsp3) is 0.143. The summed E-state index contributed by atoms with van der Waals surface area (Å²) in [6.07, 6.45) is 1.22. The molecule has 8 nitrogen and oxygen atoms in total. The lowest BCUT2D eigenvalue weighted by Crippen LogP contribution is -2.20. The maximum Gasteiger partial charge on any atom is 0.265 e. The van der Waals surface area contributed by atoms with Gasteiger partial charge >= 0.3 is 0 Å². The van der Waals surface area contributed by atoms with Gasteiger partial charge in [-0.05, 0) is 49.4 Å². The molecule has 0 bridgehead atoms. The maximum atomic E-state index is 14.9. The zero-order valence-electron chi connectivity index (χ0n) is 17.5. The Bertz CT molecular complexity index is 1300. The minimum atomic E-state index is -4.80. The van der Waals surface area contributed by atoms with Crippen LogP contribution < -0.4 is 15.4 Å². The molecule has 1 heterocycles. The molecule has 3 aromatic rings. The lowest BCUT2D eigenvalue weighted by atomic mass is 10.1. The highest BCUT2D eigenvalue weighted by molar-refractivity contribution is 7.92. The predicted octanol–water partition coefficient (Wildman–Crippen LogP) is 4.10. The number of amides is 1. The second-order valence-corrected chi connectivity index (χ2v) is 8.32. The number of hydrogen-bond donors (Lipinski definition) is 3. The Morgan fingerprint density at radius 2 is 1.76 bits per heavy atom. The summed E-state index contributed by atoms with van der Waals surface area (Å²) in [6.45, 7) is 2.50. The smallest absolute Gasteiger partial charge is 0.265 e. The molecule has 0 saturated carbocycles. The number of pyridine rings is 1. The van der Waals surface area contributed by atoms with Gasteiger partial charge in [0.2, 0.25) is 0 Å². The van der Waals surface area contributed by atoms with Crippen molar-refractivity contribution in [2.75, 3.05) is 28.7 Å². The number of hydrogen-bond acceptors (Lipinski definition) is 6. The van der Waals surface area contributed by atoms with Gasteiger partial charge in [-0.2, -0.15) is 0 Å². The maximum absolute atomic E-state index is 14.9. The van der Waals surface area contributed by atoms with Crippen LogP contribution in [0.25, 0.3) is 0 Å². The van der Waals surface area contributed by atoms with E-state index >= 15 is 0 Å². The first-order valence-electron chi connectivity index (χ1n) is 9.67. The zero-order valence-corrected chi connectivity index (χ0v) is 18.3. The van der Waals surface area contributed by atoms with Crippen molar-refractivity contribution in [1.29, 1.82) is 0 Å². The van der Waals surface area contributed by atoms with Gasteiger partial charge in [0, 0.05) is 6.61 Å². The summed E-state index contributed by atoms with van der Waals surface area (Å²) in [5.74, 6) is -5.98. The van der Waals surface area contributed by atoms with Crippen molar-refractivity contribution >= 4 is 33.1 Å². The fourth-order valence-electron chi connectivity index (χ4n) is 2.72. The lowest BCUT2D eigenvalue weighted by molar-refractivity contribution is 0.101. The van der Waals surface area contributed by atoms with E-state index in [0.29, 0.717) is 42.8 Å². The van der Waals surface area contributed by atoms with E-state index in [0.717, 1.165) is 0 Å². The van der Waals surface area contributed by atoms with E-state index in [2.05, 4.69) is 15.6 Å². The highest BCUT2D eigenvalue weighted by Crippen LogP contribution is 2.26. The Morgan fingerprint density at radius 1 is 1.03 bits per heavy atom. The minimum absolute atomic E-state index is 0.0959. The quantitative estimate of drug-likeness (QED) is 0.233. The first-order chi connectivity index (χ1) is 16.1. The summed E-state index contributed by atoms with van der Waals surface area (Å²) in [5.41, 5.74) is -1.85. The van der Waals surface area contributed by atoms with Gasteiger partial charge in [0.25, 0.3) is 15.9 Å². The van der Waals surface area contributed by atoms with Crippen LogP contribution in [0.4, 0.5) is 34.8 Å². The fourth-order valence-corrected chi connectivity index (χ4v) is 3.86. The number of nitrogens with zero attached hydrogens (tertiary/aromatic N) is 1. The van der Waals surface area contributed by atoms with Crippen molar-refractivity contribution in [2.24, 2.45) is 0 Å². The van der Waals surface area contributed by atoms with Gasteiger partial charge in [-0.1, -0.05) is 0 Å². The molecule has 0 aliphatic heterocycles. The summed E-state index contributed by atoms with van der Waals surface area (Å²) in [7, 11) is -4.80. The molecule has 0 saturated heterocycles. The Hall–Kier alpha value is -3.71. The highest BCUT2D eigenvalue weighted by atomic mass is 32.2. The zero-order chi connectivity index (χ0) is 24.9. The molecule has 0 atom stereocenters. The molecule has 0 radical (unpaired) electrons. The number of ether oxygens (including phenoxy) is 1. The van der Waals surface area contributed by atoms with E-state index in [1.165, 1.54) is 18.3 Å². The first-order valence-corrected chi connectivity index (χ1v) is 11.2. The van der Waals surface area contributed by atoms with Crippen LogP contribution in [0.2, 0.25) is 0 Å². The molecule has 1 aromatic heterocycles. The van der Waals surface area contributed by atoms with E-state index < -0.39 is 55.3 Å². The first kappa shape index (κ1) is 24.9. The van der Waals surface area contributed by atoms with E-state index in [4.69, 9.17) is 4.74 Å². The number of benzene rings is 2. The summed E-state index contributed by atoms with van der Waals surface area (Å²) in [6, 6.07) is 5.93. The van der Waals surface area contributed by atoms with E-state index in [9.17, 15) is 30.8 Å². The topological polar surface area (TPSA) is 109 Å². The molecule has 0 aliphatic rings. The molecular formula is C21H18F4N4O4S. The second kappa shape index (κ2) is 10.5. The molecular weight excluding hydrogens is 480 g/mol. The SMILES string of the molecule is CCOCNc1ccc(NC(=O)c2c(F)ccc(NS(=O)(=O)c3cc(F)ccc3F)c2F)cn1. The Kier molecular flexibility index (Phi) is 7.68. The number of nitrogens with one attached hydrogen (secondary N) is 3. The summed E-state index contributed by atoms with van der Waals surface area (Å²) < 4.78 is 88.1. The molecule has 1 amide bonds. The van der Waals surface area contributed by atoms with Gasteiger partial charge in [-0.15, -0.1) is 0 Å². The molecule has 0 fully saturated rings. The summed E-state index contributed by atoms with van der Waals surface area (Å²) in [4.78, 5) is 15.4. The normalized spacial score (nSPS) is 11.2.